The first kappa shape index (κ1) is 18.3. The fourth-order valence-electron chi connectivity index (χ4n) is 1.61. The Morgan fingerprint density at radius 2 is 1.91 bits per heavy atom. The van der Waals surface area contributed by atoms with Gasteiger partial charge in [0.05, 0.1) is 26.4 Å². The van der Waals surface area contributed by atoms with Gasteiger partial charge >= 0.3 is 6.09 Å². The van der Waals surface area contributed by atoms with Crippen molar-refractivity contribution in [2.24, 2.45) is 0 Å². The third kappa shape index (κ3) is 7.85. The van der Waals surface area contributed by atoms with Crippen LogP contribution in [-0.4, -0.2) is 43.2 Å². The molecule has 0 heterocycles. The van der Waals surface area contributed by atoms with Gasteiger partial charge in [0.2, 0.25) is 0 Å². The van der Waals surface area contributed by atoms with E-state index in [4.69, 9.17) is 14.2 Å². The van der Waals surface area contributed by atoms with Crippen LogP contribution in [0.1, 0.15) is 26.3 Å². The smallest absolute Gasteiger partial charge is 0.407 e. The Hall–Kier alpha value is -1.79. The number of benzene rings is 1. The molecule has 1 unspecified atom stereocenters. The molecule has 1 aromatic carbocycles. The van der Waals surface area contributed by atoms with E-state index in [1.165, 1.54) is 0 Å². The van der Waals surface area contributed by atoms with Gasteiger partial charge in [0.15, 0.2) is 0 Å². The molecule has 0 saturated carbocycles. The summed E-state index contributed by atoms with van der Waals surface area (Å²) in [6.07, 6.45) is -1.34. The van der Waals surface area contributed by atoms with Crippen LogP contribution in [0.5, 0.6) is 5.75 Å². The lowest BCUT2D eigenvalue weighted by molar-refractivity contribution is 0.0219. The summed E-state index contributed by atoms with van der Waals surface area (Å²) >= 11 is 0. The van der Waals surface area contributed by atoms with E-state index in [9.17, 15) is 9.90 Å². The molecule has 0 fully saturated rings. The maximum atomic E-state index is 11.4. The summed E-state index contributed by atoms with van der Waals surface area (Å²) in [6.45, 7) is 5.93. The minimum Gasteiger partial charge on any atom is -0.497 e. The molecule has 1 aromatic rings. The van der Waals surface area contributed by atoms with E-state index in [0.29, 0.717) is 6.61 Å². The van der Waals surface area contributed by atoms with Gasteiger partial charge in [-0.2, -0.15) is 0 Å². The third-order valence-corrected chi connectivity index (χ3v) is 2.62. The largest absolute Gasteiger partial charge is 0.497 e. The molecule has 124 valence electrons. The number of carbonyl (C=O) groups excluding carboxylic acids is 1. The summed E-state index contributed by atoms with van der Waals surface area (Å²) < 4.78 is 15.5. The Bertz CT molecular complexity index is 453. The minimum atomic E-state index is -0.786. The predicted molar refractivity (Wildman–Crippen MR) is 82.9 cm³/mol. The average Bonchev–Trinajstić information content (AvgIpc) is 2.44. The molecule has 0 aliphatic heterocycles. The molecule has 0 bridgehead atoms. The quantitative estimate of drug-likeness (QED) is 0.806. The fraction of sp³-hybridized carbons (Fsp3) is 0.562. The van der Waals surface area contributed by atoms with Crippen molar-refractivity contribution in [1.82, 2.24) is 5.32 Å². The molecule has 1 amide bonds. The molecular formula is C16H25NO5. The van der Waals surface area contributed by atoms with Crippen LogP contribution in [0.4, 0.5) is 4.79 Å². The highest BCUT2D eigenvalue weighted by molar-refractivity contribution is 5.67. The molecule has 0 radical (unpaired) electrons. The van der Waals surface area contributed by atoms with Crippen molar-refractivity contribution >= 4 is 6.09 Å². The molecule has 1 atom stereocenters. The minimum absolute atomic E-state index is 0.0809. The van der Waals surface area contributed by atoms with Gasteiger partial charge in [0.25, 0.3) is 0 Å². The summed E-state index contributed by atoms with van der Waals surface area (Å²) in [5.41, 5.74) is 0.424. The third-order valence-electron chi connectivity index (χ3n) is 2.62. The monoisotopic (exact) mass is 311 g/mol. The number of ether oxygens (including phenoxy) is 3. The van der Waals surface area contributed by atoms with Crippen LogP contribution in [0, 0.1) is 0 Å². The second-order valence-corrected chi connectivity index (χ2v) is 5.90. The number of methoxy groups -OCH3 is 1. The zero-order chi connectivity index (χ0) is 16.6. The van der Waals surface area contributed by atoms with Crippen molar-refractivity contribution in [3.05, 3.63) is 29.8 Å². The van der Waals surface area contributed by atoms with E-state index < -0.39 is 17.8 Å². The molecule has 0 saturated heterocycles. The number of rotatable bonds is 7. The molecule has 1 rings (SSSR count). The van der Waals surface area contributed by atoms with Gasteiger partial charge in [-0.05, 0) is 38.5 Å². The zero-order valence-corrected chi connectivity index (χ0v) is 13.6. The first-order chi connectivity index (χ1) is 10.3. The standard InChI is InChI=1S/C16H25NO5/c1-16(2,3)22-15(19)17-9-13(18)11-21-10-12-5-7-14(20-4)8-6-12/h5-8,13,18H,9-11H2,1-4H3,(H,17,19). The van der Waals surface area contributed by atoms with E-state index >= 15 is 0 Å². The normalized spacial score (nSPS) is 12.6. The molecule has 6 nitrogen and oxygen atoms in total. The summed E-state index contributed by atoms with van der Waals surface area (Å²) in [7, 11) is 1.61. The molecule has 0 aliphatic carbocycles. The lowest BCUT2D eigenvalue weighted by atomic mass is 10.2. The lowest BCUT2D eigenvalue weighted by Crippen LogP contribution is -2.38. The van der Waals surface area contributed by atoms with Gasteiger partial charge in [-0.25, -0.2) is 4.79 Å². The topological polar surface area (TPSA) is 77.0 Å². The second kappa shape index (κ2) is 8.60. The Morgan fingerprint density at radius 3 is 2.45 bits per heavy atom. The van der Waals surface area contributed by atoms with Crippen molar-refractivity contribution in [2.45, 2.75) is 39.1 Å². The number of carbonyl (C=O) groups is 1. The highest BCUT2D eigenvalue weighted by Crippen LogP contribution is 2.12. The average molecular weight is 311 g/mol. The molecule has 0 aliphatic rings. The molecule has 0 spiro atoms. The molecule has 6 heteroatoms. The number of nitrogens with one attached hydrogen (secondary N) is 1. The highest BCUT2D eigenvalue weighted by Gasteiger charge is 2.16. The van der Waals surface area contributed by atoms with Crippen LogP contribution in [0.15, 0.2) is 24.3 Å². The van der Waals surface area contributed by atoms with Crippen LogP contribution < -0.4 is 10.1 Å². The maximum Gasteiger partial charge on any atom is 0.407 e. The van der Waals surface area contributed by atoms with Crippen molar-refractivity contribution < 1.29 is 24.1 Å². The van der Waals surface area contributed by atoms with Crippen LogP contribution >= 0.6 is 0 Å². The van der Waals surface area contributed by atoms with Crippen molar-refractivity contribution in [2.75, 3.05) is 20.3 Å². The number of hydrogen-bond donors (Lipinski definition) is 2. The Labute approximate surface area is 131 Å². The van der Waals surface area contributed by atoms with Gasteiger partial charge in [-0.15, -0.1) is 0 Å². The van der Waals surface area contributed by atoms with Crippen molar-refractivity contribution in [3.8, 4) is 5.75 Å². The number of aliphatic hydroxyl groups is 1. The fourth-order valence-corrected chi connectivity index (χ4v) is 1.61. The first-order valence-corrected chi connectivity index (χ1v) is 7.16. The SMILES string of the molecule is COc1ccc(COCC(O)CNC(=O)OC(C)(C)C)cc1. The zero-order valence-electron chi connectivity index (χ0n) is 13.6. The predicted octanol–water partition coefficient (Wildman–Crippen LogP) is 2.10. The number of aliphatic hydroxyl groups excluding tert-OH is 1. The van der Waals surface area contributed by atoms with Crippen LogP contribution in [0.3, 0.4) is 0 Å². The second-order valence-electron chi connectivity index (χ2n) is 5.90. The highest BCUT2D eigenvalue weighted by atomic mass is 16.6. The Morgan fingerprint density at radius 1 is 1.27 bits per heavy atom. The van der Waals surface area contributed by atoms with E-state index in [2.05, 4.69) is 5.32 Å². The van der Waals surface area contributed by atoms with Gasteiger partial charge in [0, 0.05) is 6.54 Å². The number of alkyl carbamates (subject to hydrolysis) is 1. The molecule has 0 aromatic heterocycles. The van der Waals surface area contributed by atoms with Crippen molar-refractivity contribution in [3.63, 3.8) is 0 Å². The van der Waals surface area contributed by atoms with Crippen molar-refractivity contribution in [1.29, 1.82) is 0 Å². The number of hydrogen-bond acceptors (Lipinski definition) is 5. The van der Waals surface area contributed by atoms with Crippen LogP contribution in [-0.2, 0) is 16.1 Å². The molecule has 22 heavy (non-hydrogen) atoms. The van der Waals surface area contributed by atoms with Gasteiger partial charge in [0.1, 0.15) is 11.4 Å². The van der Waals surface area contributed by atoms with E-state index in [-0.39, 0.29) is 13.2 Å². The Balaban J connectivity index is 2.20. The first-order valence-electron chi connectivity index (χ1n) is 7.16. The van der Waals surface area contributed by atoms with Crippen LogP contribution in [0.2, 0.25) is 0 Å². The maximum absolute atomic E-state index is 11.4. The lowest BCUT2D eigenvalue weighted by Gasteiger charge is -2.20. The summed E-state index contributed by atoms with van der Waals surface area (Å²) in [5.74, 6) is 0.783. The van der Waals surface area contributed by atoms with Gasteiger partial charge in [-0.1, -0.05) is 12.1 Å². The summed E-state index contributed by atoms with van der Waals surface area (Å²) in [4.78, 5) is 11.4. The summed E-state index contributed by atoms with van der Waals surface area (Å²) in [5, 5.41) is 12.2. The van der Waals surface area contributed by atoms with E-state index in [1.54, 1.807) is 27.9 Å². The van der Waals surface area contributed by atoms with E-state index in [0.717, 1.165) is 11.3 Å². The summed E-state index contributed by atoms with van der Waals surface area (Å²) in [6, 6.07) is 7.48. The van der Waals surface area contributed by atoms with Gasteiger partial charge < -0.3 is 24.6 Å². The van der Waals surface area contributed by atoms with E-state index in [1.807, 2.05) is 24.3 Å². The van der Waals surface area contributed by atoms with Gasteiger partial charge in [-0.3, -0.25) is 0 Å². The molecule has 2 N–H and O–H groups in total. The molecular weight excluding hydrogens is 286 g/mol. The number of amides is 1. The Kier molecular flexibility index (Phi) is 7.14. The van der Waals surface area contributed by atoms with Crippen LogP contribution in [0.25, 0.3) is 0 Å².